The Kier molecular flexibility index (Phi) is 7.08. The molecule has 25 heavy (non-hydrogen) atoms. The zero-order valence-electron chi connectivity index (χ0n) is 14.6. The molecule has 1 fully saturated rings. The van der Waals surface area contributed by atoms with Crippen molar-refractivity contribution in [3.63, 3.8) is 0 Å². The van der Waals surface area contributed by atoms with Crippen LogP contribution in [0.2, 0.25) is 5.02 Å². The first-order chi connectivity index (χ1) is 11.9. The van der Waals surface area contributed by atoms with Crippen LogP contribution in [0.3, 0.4) is 0 Å². The first-order valence-electron chi connectivity index (χ1n) is 8.68. The van der Waals surface area contributed by atoms with Crippen LogP contribution in [0.25, 0.3) is 0 Å². The average molecular weight is 368 g/mol. The summed E-state index contributed by atoms with van der Waals surface area (Å²) >= 11 is 5.83. The van der Waals surface area contributed by atoms with E-state index in [4.69, 9.17) is 11.6 Å². The van der Waals surface area contributed by atoms with Crippen LogP contribution < -0.4 is 10.6 Å². The Labute approximate surface area is 153 Å². The second kappa shape index (κ2) is 9.06. The summed E-state index contributed by atoms with van der Waals surface area (Å²) in [5.41, 5.74) is -0.103. The summed E-state index contributed by atoms with van der Waals surface area (Å²) in [5, 5.41) is 17.0. The maximum absolute atomic E-state index is 12.1. The molecule has 0 aliphatic carbocycles. The molecule has 1 atom stereocenters. The molecule has 1 heterocycles. The number of rotatable bonds is 5. The lowest BCUT2D eigenvalue weighted by Gasteiger charge is -2.27. The van der Waals surface area contributed by atoms with Crippen molar-refractivity contribution in [1.29, 1.82) is 0 Å². The van der Waals surface area contributed by atoms with Gasteiger partial charge >= 0.3 is 6.03 Å². The van der Waals surface area contributed by atoms with E-state index in [2.05, 4.69) is 10.6 Å². The van der Waals surface area contributed by atoms with Crippen molar-refractivity contribution in [3.8, 4) is 0 Å². The van der Waals surface area contributed by atoms with Crippen molar-refractivity contribution >= 4 is 23.5 Å². The quantitative estimate of drug-likeness (QED) is 0.744. The van der Waals surface area contributed by atoms with Crippen molar-refractivity contribution < 1.29 is 14.7 Å². The van der Waals surface area contributed by atoms with Gasteiger partial charge in [-0.1, -0.05) is 23.7 Å². The van der Waals surface area contributed by atoms with Crippen LogP contribution in [0.4, 0.5) is 4.79 Å². The van der Waals surface area contributed by atoms with E-state index in [0.29, 0.717) is 43.9 Å². The zero-order valence-corrected chi connectivity index (χ0v) is 15.3. The van der Waals surface area contributed by atoms with Gasteiger partial charge in [0.05, 0.1) is 12.0 Å². The molecule has 3 N–H and O–H groups in total. The van der Waals surface area contributed by atoms with Gasteiger partial charge in [-0.05, 0) is 43.9 Å². The molecule has 0 bridgehead atoms. The SMILES string of the molecule is CCNC(=O)N1CCCC(O)(CNC(=O)Cc2ccc(Cl)cc2)CC1. The second-order valence-electron chi connectivity index (χ2n) is 6.48. The molecule has 0 radical (unpaired) electrons. The summed E-state index contributed by atoms with van der Waals surface area (Å²) in [6.45, 7) is 3.76. The fourth-order valence-corrected chi connectivity index (χ4v) is 3.06. The predicted molar refractivity (Wildman–Crippen MR) is 97.6 cm³/mol. The molecule has 6 nitrogen and oxygen atoms in total. The molecule has 1 aromatic carbocycles. The number of nitrogens with zero attached hydrogens (tertiary/aromatic N) is 1. The Bertz CT molecular complexity index is 594. The molecular formula is C18H26ClN3O3. The molecule has 3 amide bonds. The van der Waals surface area contributed by atoms with Crippen molar-refractivity contribution in [3.05, 3.63) is 34.9 Å². The largest absolute Gasteiger partial charge is 0.388 e. The van der Waals surface area contributed by atoms with Gasteiger partial charge in [0.15, 0.2) is 0 Å². The van der Waals surface area contributed by atoms with Crippen LogP contribution in [0, 0.1) is 0 Å². The third-order valence-corrected chi connectivity index (χ3v) is 4.68. The molecular weight excluding hydrogens is 342 g/mol. The highest BCUT2D eigenvalue weighted by Gasteiger charge is 2.31. The highest BCUT2D eigenvalue weighted by Crippen LogP contribution is 2.22. The van der Waals surface area contributed by atoms with Crippen LogP contribution in [0.1, 0.15) is 31.7 Å². The first kappa shape index (κ1) is 19.5. The van der Waals surface area contributed by atoms with Crippen LogP contribution in [-0.4, -0.2) is 53.7 Å². The Morgan fingerprint density at radius 2 is 1.92 bits per heavy atom. The highest BCUT2D eigenvalue weighted by atomic mass is 35.5. The Balaban J connectivity index is 1.81. The molecule has 0 spiro atoms. The van der Waals surface area contributed by atoms with Crippen LogP contribution in [0.15, 0.2) is 24.3 Å². The number of benzene rings is 1. The van der Waals surface area contributed by atoms with Gasteiger partial charge in [-0.15, -0.1) is 0 Å². The van der Waals surface area contributed by atoms with E-state index < -0.39 is 5.60 Å². The lowest BCUT2D eigenvalue weighted by molar-refractivity contribution is -0.121. The second-order valence-corrected chi connectivity index (χ2v) is 6.92. The molecule has 0 aromatic heterocycles. The number of carbonyl (C=O) groups is 2. The van der Waals surface area contributed by atoms with Crippen molar-refractivity contribution in [2.75, 3.05) is 26.2 Å². The van der Waals surface area contributed by atoms with Gasteiger partial charge in [0.25, 0.3) is 0 Å². The van der Waals surface area contributed by atoms with E-state index in [1.807, 2.05) is 19.1 Å². The fourth-order valence-electron chi connectivity index (χ4n) is 2.94. The van der Waals surface area contributed by atoms with Crippen molar-refractivity contribution in [2.24, 2.45) is 0 Å². The highest BCUT2D eigenvalue weighted by molar-refractivity contribution is 6.30. The minimum atomic E-state index is -0.975. The monoisotopic (exact) mass is 367 g/mol. The van der Waals surface area contributed by atoms with Gasteiger partial charge < -0.3 is 20.6 Å². The Morgan fingerprint density at radius 3 is 2.60 bits per heavy atom. The molecule has 1 aliphatic heterocycles. The Hall–Kier alpha value is -1.79. The van der Waals surface area contributed by atoms with Gasteiger partial charge in [0, 0.05) is 31.2 Å². The summed E-state index contributed by atoms with van der Waals surface area (Å²) in [4.78, 5) is 25.7. The number of aliphatic hydroxyl groups is 1. The number of likely N-dealkylation sites (tertiary alicyclic amines) is 1. The van der Waals surface area contributed by atoms with Crippen LogP contribution >= 0.6 is 11.6 Å². The van der Waals surface area contributed by atoms with E-state index in [1.54, 1.807) is 17.0 Å². The van der Waals surface area contributed by atoms with E-state index in [-0.39, 0.29) is 24.9 Å². The normalized spacial score (nSPS) is 20.7. The molecule has 1 aromatic rings. The average Bonchev–Trinajstić information content (AvgIpc) is 2.78. The van der Waals surface area contributed by atoms with Gasteiger partial charge in [-0.3, -0.25) is 4.79 Å². The molecule has 1 unspecified atom stereocenters. The smallest absolute Gasteiger partial charge is 0.317 e. The molecule has 0 saturated carbocycles. The van der Waals surface area contributed by atoms with Crippen LogP contribution in [-0.2, 0) is 11.2 Å². The summed E-state index contributed by atoms with van der Waals surface area (Å²) in [7, 11) is 0. The third-order valence-electron chi connectivity index (χ3n) is 4.43. The number of halogens is 1. The molecule has 7 heteroatoms. The number of carbonyl (C=O) groups excluding carboxylic acids is 2. The zero-order chi connectivity index (χ0) is 18.3. The number of nitrogens with one attached hydrogen (secondary N) is 2. The van der Waals surface area contributed by atoms with Gasteiger partial charge in [-0.2, -0.15) is 0 Å². The summed E-state index contributed by atoms with van der Waals surface area (Å²) < 4.78 is 0. The maximum atomic E-state index is 12.1. The third kappa shape index (κ3) is 6.21. The van der Waals surface area contributed by atoms with E-state index in [0.717, 1.165) is 5.56 Å². The molecule has 1 aliphatic rings. The number of amides is 3. The molecule has 138 valence electrons. The number of hydrogen-bond acceptors (Lipinski definition) is 3. The van der Waals surface area contributed by atoms with Gasteiger partial charge in [0.2, 0.25) is 5.91 Å². The lowest BCUT2D eigenvalue weighted by Crippen LogP contribution is -2.45. The number of urea groups is 1. The standard InChI is InChI=1S/C18H26ClN3O3/c1-2-20-17(24)22-10-3-8-18(25,9-11-22)13-21-16(23)12-14-4-6-15(19)7-5-14/h4-7,25H,2-3,8-13H2,1H3,(H,20,24)(H,21,23). The Morgan fingerprint density at radius 1 is 1.20 bits per heavy atom. The van der Waals surface area contributed by atoms with Crippen molar-refractivity contribution in [2.45, 2.75) is 38.2 Å². The van der Waals surface area contributed by atoms with Crippen molar-refractivity contribution in [1.82, 2.24) is 15.5 Å². The summed E-state index contributed by atoms with van der Waals surface area (Å²) in [5.74, 6) is -0.138. The summed E-state index contributed by atoms with van der Waals surface area (Å²) in [6, 6.07) is 7.02. The summed E-state index contributed by atoms with van der Waals surface area (Å²) in [6.07, 6.45) is 1.97. The minimum Gasteiger partial charge on any atom is -0.388 e. The topological polar surface area (TPSA) is 81.7 Å². The number of hydrogen-bond donors (Lipinski definition) is 3. The van der Waals surface area contributed by atoms with Gasteiger partial charge in [0.1, 0.15) is 0 Å². The van der Waals surface area contributed by atoms with Crippen LogP contribution in [0.5, 0.6) is 0 Å². The van der Waals surface area contributed by atoms with Gasteiger partial charge in [-0.25, -0.2) is 4.79 Å². The first-order valence-corrected chi connectivity index (χ1v) is 9.06. The minimum absolute atomic E-state index is 0.0986. The lowest BCUT2D eigenvalue weighted by atomic mass is 9.95. The van der Waals surface area contributed by atoms with E-state index in [1.165, 1.54) is 0 Å². The molecule has 2 rings (SSSR count). The van der Waals surface area contributed by atoms with E-state index >= 15 is 0 Å². The maximum Gasteiger partial charge on any atom is 0.317 e. The predicted octanol–water partition coefficient (Wildman–Crippen LogP) is 1.95. The molecule has 1 saturated heterocycles. The fraction of sp³-hybridized carbons (Fsp3) is 0.556. The van der Waals surface area contributed by atoms with E-state index in [9.17, 15) is 14.7 Å².